The third-order valence-corrected chi connectivity index (χ3v) is 3.50. The van der Waals surface area contributed by atoms with E-state index >= 15 is 0 Å². The lowest BCUT2D eigenvalue weighted by atomic mass is 10.2. The lowest BCUT2D eigenvalue weighted by molar-refractivity contribution is -0.120. The van der Waals surface area contributed by atoms with Gasteiger partial charge in [0, 0.05) is 18.9 Å². The normalized spacial score (nSPS) is 10.4. The van der Waals surface area contributed by atoms with Crippen molar-refractivity contribution in [1.82, 2.24) is 19.9 Å². The Morgan fingerprint density at radius 3 is 2.89 bits per heavy atom. The third-order valence-electron chi connectivity index (χ3n) is 2.76. The summed E-state index contributed by atoms with van der Waals surface area (Å²) in [5.41, 5.74) is 1.76. The minimum absolute atomic E-state index is 0.0365. The van der Waals surface area contributed by atoms with Crippen molar-refractivity contribution >= 4 is 17.7 Å². The van der Waals surface area contributed by atoms with Gasteiger partial charge in [-0.1, -0.05) is 17.8 Å². The van der Waals surface area contributed by atoms with Crippen LogP contribution in [0.2, 0.25) is 0 Å². The zero-order valence-corrected chi connectivity index (χ0v) is 11.8. The average molecular weight is 276 g/mol. The van der Waals surface area contributed by atoms with Gasteiger partial charge in [0.15, 0.2) is 5.16 Å². The molecule has 6 heteroatoms. The first-order valence-corrected chi connectivity index (χ1v) is 7.14. The minimum Gasteiger partial charge on any atom is -0.350 e. The molecule has 2 aromatic rings. The van der Waals surface area contributed by atoms with Gasteiger partial charge >= 0.3 is 0 Å². The van der Waals surface area contributed by atoms with Gasteiger partial charge in [-0.15, -0.1) is 0 Å². The van der Waals surface area contributed by atoms with E-state index in [1.165, 1.54) is 0 Å². The lowest BCUT2D eigenvalue weighted by Crippen LogP contribution is -2.25. The van der Waals surface area contributed by atoms with E-state index in [1.807, 2.05) is 36.1 Å². The first kappa shape index (κ1) is 13.6. The Morgan fingerprint density at radius 2 is 2.26 bits per heavy atom. The van der Waals surface area contributed by atoms with Crippen LogP contribution in [0.1, 0.15) is 11.4 Å². The van der Waals surface area contributed by atoms with Crippen molar-refractivity contribution in [3.63, 3.8) is 0 Å². The monoisotopic (exact) mass is 276 g/mol. The highest BCUT2D eigenvalue weighted by Crippen LogP contribution is 2.13. The molecule has 0 aromatic carbocycles. The summed E-state index contributed by atoms with van der Waals surface area (Å²) in [4.78, 5) is 20.2. The van der Waals surface area contributed by atoms with Gasteiger partial charge in [0.2, 0.25) is 5.91 Å². The topological polar surface area (TPSA) is 59.8 Å². The molecule has 0 radical (unpaired) electrons. The predicted molar refractivity (Wildman–Crippen MR) is 74.8 cm³/mol. The number of nitrogens with zero attached hydrogens (tertiary/aromatic N) is 3. The second kappa shape index (κ2) is 6.38. The van der Waals surface area contributed by atoms with Crippen molar-refractivity contribution in [1.29, 1.82) is 0 Å². The Bertz CT molecular complexity index is 553. The van der Waals surface area contributed by atoms with Gasteiger partial charge in [-0.05, 0) is 18.4 Å². The maximum Gasteiger partial charge on any atom is 0.226 e. The first-order chi connectivity index (χ1) is 9.20. The molecule has 2 heterocycles. The Hall–Kier alpha value is -1.82. The van der Waals surface area contributed by atoms with E-state index in [1.54, 1.807) is 24.2 Å². The molecule has 2 aromatic heterocycles. The minimum atomic E-state index is -0.0365. The molecule has 0 aliphatic rings. The van der Waals surface area contributed by atoms with Gasteiger partial charge in [-0.3, -0.25) is 9.78 Å². The van der Waals surface area contributed by atoms with E-state index < -0.39 is 0 Å². The zero-order valence-electron chi connectivity index (χ0n) is 11.0. The molecule has 0 unspecified atom stereocenters. The average Bonchev–Trinajstić information content (AvgIpc) is 2.78. The first-order valence-electron chi connectivity index (χ1n) is 5.92. The molecule has 1 N–H and O–H groups in total. The fraction of sp³-hybridized carbons (Fsp3) is 0.308. The van der Waals surface area contributed by atoms with Crippen molar-refractivity contribution in [2.75, 3.05) is 6.26 Å². The van der Waals surface area contributed by atoms with E-state index in [0.29, 0.717) is 13.0 Å². The summed E-state index contributed by atoms with van der Waals surface area (Å²) >= 11 is 1.58. The summed E-state index contributed by atoms with van der Waals surface area (Å²) in [7, 11) is 1.94. The van der Waals surface area contributed by atoms with Crippen LogP contribution in [0.4, 0.5) is 0 Å². The predicted octanol–water partition coefficient (Wildman–Crippen LogP) is 1.40. The maximum absolute atomic E-state index is 11.8. The van der Waals surface area contributed by atoms with Crippen LogP contribution in [0.3, 0.4) is 0 Å². The van der Waals surface area contributed by atoms with Crippen LogP contribution >= 0.6 is 11.8 Å². The van der Waals surface area contributed by atoms with Crippen LogP contribution in [-0.2, 0) is 24.8 Å². The number of nitrogens with one attached hydrogen (secondary N) is 1. The molecule has 1 amide bonds. The quantitative estimate of drug-likeness (QED) is 0.839. The third kappa shape index (κ3) is 3.57. The number of amides is 1. The molecule has 100 valence electrons. The highest BCUT2D eigenvalue weighted by atomic mass is 32.2. The van der Waals surface area contributed by atoms with Crippen LogP contribution in [0.5, 0.6) is 0 Å². The van der Waals surface area contributed by atoms with Gasteiger partial charge in [-0.2, -0.15) is 0 Å². The van der Waals surface area contributed by atoms with E-state index in [9.17, 15) is 4.79 Å². The molecule has 0 saturated heterocycles. The van der Waals surface area contributed by atoms with Gasteiger partial charge in [0.25, 0.3) is 0 Å². The summed E-state index contributed by atoms with van der Waals surface area (Å²) in [5, 5.41) is 3.82. The second-order valence-corrected chi connectivity index (χ2v) is 4.84. The number of hydrogen-bond donors (Lipinski definition) is 1. The molecular weight excluding hydrogens is 260 g/mol. The van der Waals surface area contributed by atoms with Crippen LogP contribution in [0.15, 0.2) is 35.7 Å². The van der Waals surface area contributed by atoms with Crippen LogP contribution in [-0.4, -0.2) is 26.7 Å². The van der Waals surface area contributed by atoms with E-state index in [2.05, 4.69) is 15.3 Å². The molecule has 19 heavy (non-hydrogen) atoms. The summed E-state index contributed by atoms with van der Waals surface area (Å²) in [6, 6.07) is 5.55. The number of rotatable bonds is 5. The van der Waals surface area contributed by atoms with E-state index in [0.717, 1.165) is 16.5 Å². The number of aromatic nitrogens is 3. The molecule has 0 atom stereocenters. The van der Waals surface area contributed by atoms with Gasteiger partial charge in [0.1, 0.15) is 0 Å². The molecule has 0 bridgehead atoms. The van der Waals surface area contributed by atoms with Crippen LogP contribution in [0, 0.1) is 0 Å². The Morgan fingerprint density at radius 1 is 1.42 bits per heavy atom. The van der Waals surface area contributed by atoms with Gasteiger partial charge in [-0.25, -0.2) is 4.98 Å². The number of pyridine rings is 1. The Labute approximate surface area is 116 Å². The second-order valence-electron chi connectivity index (χ2n) is 4.07. The zero-order chi connectivity index (χ0) is 13.7. The molecule has 0 saturated carbocycles. The molecule has 0 aliphatic heterocycles. The molecule has 5 nitrogen and oxygen atoms in total. The molecule has 0 aliphatic carbocycles. The summed E-state index contributed by atoms with van der Waals surface area (Å²) < 4.78 is 1.98. The summed E-state index contributed by atoms with van der Waals surface area (Å²) in [6.07, 6.45) is 5.75. The number of hydrogen-bond acceptors (Lipinski definition) is 4. The SMILES string of the molecule is CSc1ncc(CNC(=O)Cc2ccccn2)n1C. The van der Waals surface area contributed by atoms with Crippen molar-refractivity contribution in [3.05, 3.63) is 42.0 Å². The van der Waals surface area contributed by atoms with Crippen LogP contribution in [0.25, 0.3) is 0 Å². The van der Waals surface area contributed by atoms with Gasteiger partial charge in [0.05, 0.1) is 24.9 Å². The molecular formula is C13H16N4OS. The highest BCUT2D eigenvalue weighted by Gasteiger charge is 2.08. The Balaban J connectivity index is 1.88. The maximum atomic E-state index is 11.8. The standard InChI is InChI=1S/C13H16N4OS/c1-17-11(9-16-13(17)19-2)8-15-12(18)7-10-5-3-4-6-14-10/h3-6,9H,7-8H2,1-2H3,(H,15,18). The summed E-state index contributed by atoms with van der Waals surface area (Å²) in [5.74, 6) is -0.0365. The molecule has 0 spiro atoms. The highest BCUT2D eigenvalue weighted by molar-refractivity contribution is 7.98. The van der Waals surface area contributed by atoms with E-state index in [-0.39, 0.29) is 5.91 Å². The fourth-order valence-corrected chi connectivity index (χ4v) is 2.25. The van der Waals surface area contributed by atoms with Crippen molar-refractivity contribution in [2.45, 2.75) is 18.1 Å². The van der Waals surface area contributed by atoms with Gasteiger partial charge < -0.3 is 9.88 Å². The van der Waals surface area contributed by atoms with E-state index in [4.69, 9.17) is 0 Å². The smallest absolute Gasteiger partial charge is 0.226 e. The number of carbonyl (C=O) groups excluding carboxylic acids is 1. The van der Waals surface area contributed by atoms with Crippen molar-refractivity contribution < 1.29 is 4.79 Å². The number of carbonyl (C=O) groups is 1. The van der Waals surface area contributed by atoms with Crippen molar-refractivity contribution in [2.24, 2.45) is 7.05 Å². The number of imidazole rings is 1. The fourth-order valence-electron chi connectivity index (χ4n) is 1.70. The number of thioether (sulfide) groups is 1. The Kier molecular flexibility index (Phi) is 4.57. The largest absolute Gasteiger partial charge is 0.350 e. The van der Waals surface area contributed by atoms with Crippen LogP contribution < -0.4 is 5.32 Å². The van der Waals surface area contributed by atoms with Crippen molar-refractivity contribution in [3.8, 4) is 0 Å². The molecule has 0 fully saturated rings. The molecule has 2 rings (SSSR count). The summed E-state index contributed by atoms with van der Waals surface area (Å²) in [6.45, 7) is 0.482. The lowest BCUT2D eigenvalue weighted by Gasteiger charge is -2.06.